The van der Waals surface area contributed by atoms with Crippen LogP contribution in [0, 0.1) is 0 Å². The van der Waals surface area contributed by atoms with E-state index >= 15 is 0 Å². The number of likely N-dealkylation sites (tertiary alicyclic amines) is 1. The summed E-state index contributed by atoms with van der Waals surface area (Å²) in [6.07, 6.45) is 3.39. The lowest BCUT2D eigenvalue weighted by Gasteiger charge is -2.33. The van der Waals surface area contributed by atoms with E-state index in [0.717, 1.165) is 38.3 Å². The van der Waals surface area contributed by atoms with E-state index in [9.17, 15) is 4.79 Å². The lowest BCUT2D eigenvalue weighted by Crippen LogP contribution is -2.45. The average Bonchev–Trinajstić information content (AvgIpc) is 3.23. The first kappa shape index (κ1) is 17.6. The molecule has 0 radical (unpaired) electrons. The Kier molecular flexibility index (Phi) is 5.10. The van der Waals surface area contributed by atoms with Crippen molar-refractivity contribution in [1.82, 2.24) is 14.9 Å². The molecule has 2 saturated heterocycles. The van der Waals surface area contributed by atoms with Crippen LogP contribution in [-0.4, -0.2) is 66.2 Å². The molecule has 9 heteroatoms. The average molecular weight is 372 g/mol. The van der Waals surface area contributed by atoms with Gasteiger partial charge in [-0.15, -0.1) is 0 Å². The Labute approximate surface area is 157 Å². The summed E-state index contributed by atoms with van der Waals surface area (Å²) in [6.45, 7) is 4.24. The molecule has 2 aliphatic heterocycles. The summed E-state index contributed by atoms with van der Waals surface area (Å²) in [5.41, 5.74) is 5.91. The maximum Gasteiger partial charge on any atom is 0.289 e. The molecule has 4 rings (SSSR count). The number of nitrogens with two attached hydrogens (primary N) is 1. The normalized spacial score (nSPS) is 20.5. The summed E-state index contributed by atoms with van der Waals surface area (Å²) in [7, 11) is 0. The molecule has 2 aromatic rings. The number of nitrogen functional groups attached to an aromatic ring is 1. The molecule has 1 atom stereocenters. The third-order valence-electron chi connectivity index (χ3n) is 4.86. The molecule has 3 N–H and O–H groups in total. The van der Waals surface area contributed by atoms with Gasteiger partial charge >= 0.3 is 0 Å². The fourth-order valence-corrected chi connectivity index (χ4v) is 3.53. The number of furan rings is 1. The number of anilines is 3. The van der Waals surface area contributed by atoms with E-state index < -0.39 is 0 Å². The minimum absolute atomic E-state index is 0.0808. The third kappa shape index (κ3) is 4.13. The van der Waals surface area contributed by atoms with Crippen LogP contribution in [0.15, 0.2) is 28.9 Å². The predicted molar refractivity (Wildman–Crippen MR) is 101 cm³/mol. The molecular weight excluding hydrogens is 348 g/mol. The number of aromatic nitrogens is 2. The van der Waals surface area contributed by atoms with Crippen LogP contribution in [0.2, 0.25) is 0 Å². The van der Waals surface area contributed by atoms with E-state index in [-0.39, 0.29) is 17.9 Å². The summed E-state index contributed by atoms with van der Waals surface area (Å²) in [4.78, 5) is 25.1. The predicted octanol–water partition coefficient (Wildman–Crippen LogP) is 1.21. The van der Waals surface area contributed by atoms with Gasteiger partial charge < -0.3 is 30.0 Å². The van der Waals surface area contributed by atoms with Crippen LogP contribution in [-0.2, 0) is 4.74 Å². The highest BCUT2D eigenvalue weighted by atomic mass is 16.5. The second kappa shape index (κ2) is 7.83. The Morgan fingerprint density at radius 3 is 2.89 bits per heavy atom. The van der Waals surface area contributed by atoms with Gasteiger partial charge in [-0.25, -0.2) is 0 Å². The maximum atomic E-state index is 12.5. The highest BCUT2D eigenvalue weighted by Crippen LogP contribution is 2.21. The number of nitrogens with one attached hydrogen (secondary N) is 1. The summed E-state index contributed by atoms with van der Waals surface area (Å²) >= 11 is 0. The van der Waals surface area contributed by atoms with Crippen LogP contribution < -0.4 is 16.0 Å². The van der Waals surface area contributed by atoms with Gasteiger partial charge in [0.05, 0.1) is 19.5 Å². The van der Waals surface area contributed by atoms with Crippen LogP contribution in [0.25, 0.3) is 0 Å². The van der Waals surface area contributed by atoms with Gasteiger partial charge in [0.25, 0.3) is 5.91 Å². The summed E-state index contributed by atoms with van der Waals surface area (Å²) in [5.74, 6) is 2.01. The molecule has 0 bridgehead atoms. The van der Waals surface area contributed by atoms with Gasteiger partial charge in [-0.05, 0) is 25.0 Å². The zero-order valence-corrected chi connectivity index (χ0v) is 15.1. The first-order chi connectivity index (χ1) is 13.2. The summed E-state index contributed by atoms with van der Waals surface area (Å²) in [6, 6.07) is 5.43. The van der Waals surface area contributed by atoms with Crippen molar-refractivity contribution in [2.75, 3.05) is 55.3 Å². The quantitative estimate of drug-likeness (QED) is 0.824. The molecule has 27 heavy (non-hydrogen) atoms. The van der Waals surface area contributed by atoms with Crippen molar-refractivity contribution in [1.29, 1.82) is 0 Å². The molecule has 0 aliphatic carbocycles. The van der Waals surface area contributed by atoms with Gasteiger partial charge in [-0.1, -0.05) is 0 Å². The topological polar surface area (TPSA) is 110 Å². The molecule has 0 saturated carbocycles. The van der Waals surface area contributed by atoms with Crippen LogP contribution >= 0.6 is 0 Å². The zero-order chi connectivity index (χ0) is 18.6. The Morgan fingerprint density at radius 2 is 2.11 bits per heavy atom. The molecule has 2 aliphatic rings. The largest absolute Gasteiger partial charge is 0.459 e. The minimum atomic E-state index is -0.0808. The highest BCUT2D eigenvalue weighted by molar-refractivity contribution is 5.91. The maximum absolute atomic E-state index is 12.5. The molecule has 1 amide bonds. The van der Waals surface area contributed by atoms with Gasteiger partial charge in [0.1, 0.15) is 11.6 Å². The third-order valence-corrected chi connectivity index (χ3v) is 4.86. The van der Waals surface area contributed by atoms with E-state index in [1.807, 2.05) is 11.0 Å². The molecule has 144 valence electrons. The lowest BCUT2D eigenvalue weighted by molar-refractivity contribution is 0.0682. The molecule has 0 aromatic carbocycles. The fourth-order valence-electron chi connectivity index (χ4n) is 3.53. The van der Waals surface area contributed by atoms with Crippen molar-refractivity contribution in [3.8, 4) is 0 Å². The fraction of sp³-hybridized carbons (Fsp3) is 0.500. The molecule has 9 nitrogen and oxygen atoms in total. The van der Waals surface area contributed by atoms with Crippen LogP contribution in [0.4, 0.5) is 17.6 Å². The number of morpholine rings is 1. The SMILES string of the molecule is Nc1nc(N[C@H]2CCCN(C(=O)c3ccco3)C2)cc(N2CCOCC2)n1. The number of hydrogen-bond donors (Lipinski definition) is 2. The molecule has 0 unspecified atom stereocenters. The van der Waals surface area contributed by atoms with E-state index in [0.29, 0.717) is 31.3 Å². The van der Waals surface area contributed by atoms with E-state index in [1.165, 1.54) is 6.26 Å². The number of hydrogen-bond acceptors (Lipinski definition) is 8. The monoisotopic (exact) mass is 372 g/mol. The lowest BCUT2D eigenvalue weighted by atomic mass is 10.1. The Morgan fingerprint density at radius 1 is 1.26 bits per heavy atom. The molecule has 2 fully saturated rings. The second-order valence-electron chi connectivity index (χ2n) is 6.78. The number of piperidine rings is 1. The summed E-state index contributed by atoms with van der Waals surface area (Å²) in [5, 5.41) is 3.42. The second-order valence-corrected chi connectivity index (χ2v) is 6.78. The van der Waals surface area contributed by atoms with Crippen LogP contribution in [0.3, 0.4) is 0 Å². The number of carbonyl (C=O) groups excluding carboxylic acids is 1. The van der Waals surface area contributed by atoms with E-state index in [1.54, 1.807) is 12.1 Å². The zero-order valence-electron chi connectivity index (χ0n) is 15.1. The van der Waals surface area contributed by atoms with Crippen molar-refractivity contribution in [2.24, 2.45) is 0 Å². The number of carbonyl (C=O) groups is 1. The Hall–Kier alpha value is -2.81. The molecule has 4 heterocycles. The van der Waals surface area contributed by atoms with Crippen molar-refractivity contribution >= 4 is 23.5 Å². The smallest absolute Gasteiger partial charge is 0.289 e. The standard InChI is InChI=1S/C18H24N6O3/c19-18-21-15(11-16(22-18)23-6-9-26-10-7-23)20-13-3-1-5-24(12-13)17(25)14-4-2-8-27-14/h2,4,8,11,13H,1,3,5-7,9-10,12H2,(H3,19,20,21,22)/t13-/m0/s1. The van der Waals surface area contributed by atoms with Gasteiger partial charge in [0.2, 0.25) is 5.95 Å². The van der Waals surface area contributed by atoms with E-state index in [4.69, 9.17) is 14.9 Å². The highest BCUT2D eigenvalue weighted by Gasteiger charge is 2.26. The summed E-state index contributed by atoms with van der Waals surface area (Å²) < 4.78 is 10.6. The molecule has 0 spiro atoms. The van der Waals surface area contributed by atoms with Crippen molar-refractivity contribution in [3.63, 3.8) is 0 Å². The van der Waals surface area contributed by atoms with Crippen LogP contribution in [0.5, 0.6) is 0 Å². The molecule has 2 aromatic heterocycles. The van der Waals surface area contributed by atoms with Crippen LogP contribution in [0.1, 0.15) is 23.4 Å². The van der Waals surface area contributed by atoms with Crippen molar-refractivity contribution in [2.45, 2.75) is 18.9 Å². The number of nitrogens with zero attached hydrogens (tertiary/aromatic N) is 4. The van der Waals surface area contributed by atoms with Gasteiger partial charge in [0.15, 0.2) is 5.76 Å². The van der Waals surface area contributed by atoms with Crippen molar-refractivity contribution < 1.29 is 13.9 Å². The number of amides is 1. The Bertz CT molecular complexity index is 775. The van der Waals surface area contributed by atoms with Crippen molar-refractivity contribution in [3.05, 3.63) is 30.2 Å². The number of ether oxygens (including phenoxy) is 1. The van der Waals surface area contributed by atoms with E-state index in [2.05, 4.69) is 20.2 Å². The van der Waals surface area contributed by atoms with Gasteiger partial charge in [-0.3, -0.25) is 4.79 Å². The first-order valence-electron chi connectivity index (χ1n) is 9.25. The Balaban J connectivity index is 1.43. The number of rotatable bonds is 4. The first-order valence-corrected chi connectivity index (χ1v) is 9.25. The van der Waals surface area contributed by atoms with Gasteiger partial charge in [-0.2, -0.15) is 9.97 Å². The molecular formula is C18H24N6O3. The van der Waals surface area contributed by atoms with Gasteiger partial charge in [0, 0.05) is 38.3 Å². The minimum Gasteiger partial charge on any atom is -0.459 e.